The SMILES string of the molecule is C=C[C@H](c1ccccc1)[C@@](C)(O)COc1ccccc1. The van der Waals surface area contributed by atoms with Gasteiger partial charge in [0.1, 0.15) is 18.0 Å². The zero-order valence-corrected chi connectivity index (χ0v) is 11.7. The van der Waals surface area contributed by atoms with E-state index in [0.29, 0.717) is 0 Å². The lowest BCUT2D eigenvalue weighted by Gasteiger charge is -2.31. The van der Waals surface area contributed by atoms with Gasteiger partial charge in [0.05, 0.1) is 0 Å². The van der Waals surface area contributed by atoms with Gasteiger partial charge in [-0.05, 0) is 24.6 Å². The summed E-state index contributed by atoms with van der Waals surface area (Å²) in [6, 6.07) is 19.4. The summed E-state index contributed by atoms with van der Waals surface area (Å²) >= 11 is 0. The number of ether oxygens (including phenoxy) is 1. The summed E-state index contributed by atoms with van der Waals surface area (Å²) in [5.74, 6) is 0.580. The Morgan fingerprint density at radius 1 is 1.10 bits per heavy atom. The van der Waals surface area contributed by atoms with Gasteiger partial charge in [-0.2, -0.15) is 0 Å². The van der Waals surface area contributed by atoms with Crippen molar-refractivity contribution in [3.05, 3.63) is 78.9 Å². The third kappa shape index (κ3) is 3.49. The van der Waals surface area contributed by atoms with Gasteiger partial charge in [-0.15, -0.1) is 6.58 Å². The Morgan fingerprint density at radius 3 is 2.20 bits per heavy atom. The van der Waals surface area contributed by atoms with Crippen LogP contribution in [-0.4, -0.2) is 17.3 Å². The molecule has 2 aromatic carbocycles. The third-order valence-electron chi connectivity index (χ3n) is 3.34. The van der Waals surface area contributed by atoms with Gasteiger partial charge in [0.15, 0.2) is 0 Å². The van der Waals surface area contributed by atoms with Gasteiger partial charge >= 0.3 is 0 Å². The molecule has 2 aromatic rings. The number of hydrogen-bond donors (Lipinski definition) is 1. The van der Waals surface area contributed by atoms with Crippen molar-refractivity contribution in [2.45, 2.75) is 18.4 Å². The summed E-state index contributed by atoms with van der Waals surface area (Å²) in [5, 5.41) is 10.7. The molecule has 2 rings (SSSR count). The van der Waals surface area contributed by atoms with Crippen LogP contribution in [0.1, 0.15) is 18.4 Å². The second-order valence-corrected chi connectivity index (χ2v) is 5.08. The van der Waals surface area contributed by atoms with Crippen molar-refractivity contribution in [2.75, 3.05) is 6.61 Å². The van der Waals surface area contributed by atoms with E-state index in [9.17, 15) is 5.11 Å². The molecule has 0 radical (unpaired) electrons. The Labute approximate surface area is 120 Å². The van der Waals surface area contributed by atoms with E-state index in [1.807, 2.05) is 60.7 Å². The van der Waals surface area contributed by atoms with E-state index in [4.69, 9.17) is 4.74 Å². The average Bonchev–Trinajstić information content (AvgIpc) is 2.48. The molecule has 0 saturated heterocycles. The number of benzene rings is 2. The fraction of sp³-hybridized carbons (Fsp3) is 0.222. The van der Waals surface area contributed by atoms with Gasteiger partial charge < -0.3 is 9.84 Å². The number of aliphatic hydroxyl groups is 1. The smallest absolute Gasteiger partial charge is 0.119 e. The topological polar surface area (TPSA) is 29.5 Å². The molecule has 0 aliphatic heterocycles. The predicted octanol–water partition coefficient (Wildman–Crippen LogP) is 3.79. The molecule has 0 heterocycles. The molecule has 0 aromatic heterocycles. The molecule has 0 aliphatic carbocycles. The van der Waals surface area contributed by atoms with Crippen LogP contribution in [0.2, 0.25) is 0 Å². The van der Waals surface area contributed by atoms with Crippen LogP contribution in [0, 0.1) is 0 Å². The second kappa shape index (κ2) is 6.40. The van der Waals surface area contributed by atoms with Crippen LogP contribution >= 0.6 is 0 Å². The number of para-hydroxylation sites is 1. The standard InChI is InChI=1S/C18H20O2/c1-3-17(15-10-6-4-7-11-15)18(2,19)14-20-16-12-8-5-9-13-16/h3-13,17,19H,1,14H2,2H3/t17-,18+/m1/s1. The van der Waals surface area contributed by atoms with Crippen molar-refractivity contribution in [1.29, 1.82) is 0 Å². The minimum absolute atomic E-state index is 0.174. The third-order valence-corrected chi connectivity index (χ3v) is 3.34. The van der Waals surface area contributed by atoms with E-state index in [-0.39, 0.29) is 12.5 Å². The Bertz CT molecular complexity index is 532. The van der Waals surface area contributed by atoms with Crippen molar-refractivity contribution >= 4 is 0 Å². The van der Waals surface area contributed by atoms with E-state index in [1.54, 1.807) is 13.0 Å². The largest absolute Gasteiger partial charge is 0.491 e. The monoisotopic (exact) mass is 268 g/mol. The molecular formula is C18H20O2. The van der Waals surface area contributed by atoms with Crippen LogP contribution in [-0.2, 0) is 0 Å². The van der Waals surface area contributed by atoms with Crippen LogP contribution in [0.3, 0.4) is 0 Å². The van der Waals surface area contributed by atoms with Gasteiger partial charge in [0.25, 0.3) is 0 Å². The number of hydrogen-bond acceptors (Lipinski definition) is 2. The normalized spacial score (nSPS) is 15.1. The maximum atomic E-state index is 10.7. The van der Waals surface area contributed by atoms with Crippen LogP contribution in [0.15, 0.2) is 73.3 Å². The van der Waals surface area contributed by atoms with Crippen molar-refractivity contribution in [3.8, 4) is 5.75 Å². The van der Waals surface area contributed by atoms with Crippen molar-refractivity contribution in [2.24, 2.45) is 0 Å². The Morgan fingerprint density at radius 2 is 1.65 bits per heavy atom. The number of rotatable bonds is 6. The van der Waals surface area contributed by atoms with Gasteiger partial charge in [-0.1, -0.05) is 54.6 Å². The maximum absolute atomic E-state index is 10.7. The lowest BCUT2D eigenvalue weighted by molar-refractivity contribution is -0.000518. The van der Waals surface area contributed by atoms with Crippen LogP contribution in [0.5, 0.6) is 5.75 Å². The summed E-state index contributed by atoms with van der Waals surface area (Å²) in [6.07, 6.45) is 1.77. The summed E-state index contributed by atoms with van der Waals surface area (Å²) in [4.78, 5) is 0. The average molecular weight is 268 g/mol. The molecule has 1 N–H and O–H groups in total. The van der Waals surface area contributed by atoms with Crippen LogP contribution < -0.4 is 4.74 Å². The lowest BCUT2D eigenvalue weighted by atomic mass is 9.84. The van der Waals surface area contributed by atoms with Crippen molar-refractivity contribution in [3.63, 3.8) is 0 Å². The Balaban J connectivity index is 2.10. The van der Waals surface area contributed by atoms with Crippen LogP contribution in [0.4, 0.5) is 0 Å². The zero-order chi connectivity index (χ0) is 14.4. The highest BCUT2D eigenvalue weighted by atomic mass is 16.5. The fourth-order valence-electron chi connectivity index (χ4n) is 2.25. The van der Waals surface area contributed by atoms with Gasteiger partial charge in [0.2, 0.25) is 0 Å². The Kier molecular flexibility index (Phi) is 4.59. The summed E-state index contributed by atoms with van der Waals surface area (Å²) < 4.78 is 5.68. The minimum Gasteiger partial charge on any atom is -0.491 e. The molecular weight excluding hydrogens is 248 g/mol. The quantitative estimate of drug-likeness (QED) is 0.808. The molecule has 104 valence electrons. The van der Waals surface area contributed by atoms with Gasteiger partial charge in [-0.3, -0.25) is 0 Å². The Hall–Kier alpha value is -2.06. The molecule has 0 unspecified atom stereocenters. The van der Waals surface area contributed by atoms with Gasteiger partial charge in [0, 0.05) is 5.92 Å². The first-order chi connectivity index (χ1) is 9.63. The van der Waals surface area contributed by atoms with E-state index >= 15 is 0 Å². The predicted molar refractivity (Wildman–Crippen MR) is 81.9 cm³/mol. The second-order valence-electron chi connectivity index (χ2n) is 5.08. The van der Waals surface area contributed by atoms with Gasteiger partial charge in [-0.25, -0.2) is 0 Å². The minimum atomic E-state index is -1.01. The maximum Gasteiger partial charge on any atom is 0.119 e. The molecule has 0 bridgehead atoms. The summed E-state index contributed by atoms with van der Waals surface area (Å²) in [7, 11) is 0. The summed E-state index contributed by atoms with van der Waals surface area (Å²) in [6.45, 7) is 5.83. The van der Waals surface area contributed by atoms with E-state index in [2.05, 4.69) is 6.58 Å². The highest BCUT2D eigenvalue weighted by Crippen LogP contribution is 2.30. The van der Waals surface area contributed by atoms with Crippen molar-refractivity contribution < 1.29 is 9.84 Å². The molecule has 0 fully saturated rings. The first-order valence-electron chi connectivity index (χ1n) is 6.71. The van der Waals surface area contributed by atoms with Crippen LogP contribution in [0.25, 0.3) is 0 Å². The molecule has 0 spiro atoms. The van der Waals surface area contributed by atoms with Crippen molar-refractivity contribution in [1.82, 2.24) is 0 Å². The highest BCUT2D eigenvalue weighted by molar-refractivity contribution is 5.27. The fourth-order valence-corrected chi connectivity index (χ4v) is 2.25. The first kappa shape index (κ1) is 14.4. The molecule has 0 amide bonds. The van der Waals surface area contributed by atoms with E-state index in [1.165, 1.54) is 0 Å². The molecule has 0 saturated carbocycles. The lowest BCUT2D eigenvalue weighted by Crippen LogP contribution is -2.38. The van der Waals surface area contributed by atoms with E-state index < -0.39 is 5.60 Å². The molecule has 2 nitrogen and oxygen atoms in total. The molecule has 2 heteroatoms. The summed E-state index contributed by atoms with van der Waals surface area (Å²) in [5.41, 5.74) is 0.0167. The first-order valence-corrected chi connectivity index (χ1v) is 6.71. The molecule has 2 atom stereocenters. The molecule has 20 heavy (non-hydrogen) atoms. The van der Waals surface area contributed by atoms with E-state index in [0.717, 1.165) is 11.3 Å². The molecule has 0 aliphatic rings. The highest BCUT2D eigenvalue weighted by Gasteiger charge is 2.31. The zero-order valence-electron chi connectivity index (χ0n) is 11.7.